The van der Waals surface area contributed by atoms with Gasteiger partial charge in [-0.2, -0.15) is 0 Å². The maximum atomic E-state index is 13.8. The van der Waals surface area contributed by atoms with E-state index in [4.69, 9.17) is 4.74 Å². The van der Waals surface area contributed by atoms with E-state index in [0.29, 0.717) is 0 Å². The van der Waals surface area contributed by atoms with Crippen LogP contribution < -0.4 is 9.64 Å². The van der Waals surface area contributed by atoms with Crippen molar-refractivity contribution in [2.75, 3.05) is 4.90 Å². The van der Waals surface area contributed by atoms with Crippen LogP contribution in [0, 0.1) is 22.0 Å². The van der Waals surface area contributed by atoms with Crippen molar-refractivity contribution in [3.8, 4) is 5.75 Å². The Morgan fingerprint density at radius 1 is 0.853 bits per heavy atom. The van der Waals surface area contributed by atoms with Crippen LogP contribution in [0.4, 0.5) is 11.4 Å². The first-order valence-corrected chi connectivity index (χ1v) is 10.9. The lowest BCUT2D eigenvalue weighted by Gasteiger charge is -2.45. The van der Waals surface area contributed by atoms with Crippen molar-refractivity contribution in [1.29, 1.82) is 0 Å². The second kappa shape index (κ2) is 7.08. The molecule has 4 aliphatic rings. The summed E-state index contributed by atoms with van der Waals surface area (Å²) in [6, 6.07) is 19.6. The Bertz CT molecular complexity index is 1310. The quantitative estimate of drug-likeness (QED) is 0.195. The number of hydrogen-bond acceptors (Lipinski definition) is 6. The second-order valence-electron chi connectivity index (χ2n) is 8.78. The molecule has 2 atom stereocenters. The van der Waals surface area contributed by atoms with Crippen LogP contribution in [0.2, 0.25) is 0 Å². The molecule has 3 aliphatic carbocycles. The highest BCUT2D eigenvalue weighted by atomic mass is 16.6. The molecule has 3 aromatic carbocycles. The summed E-state index contributed by atoms with van der Waals surface area (Å²) in [5.74, 6) is -3.39. The largest absolute Gasteiger partial charge is 0.419 e. The van der Waals surface area contributed by atoms with Crippen LogP contribution in [0.15, 0.2) is 66.7 Å². The van der Waals surface area contributed by atoms with E-state index in [1.807, 2.05) is 48.5 Å². The Hall–Kier alpha value is -4.33. The number of nitro groups is 1. The van der Waals surface area contributed by atoms with Gasteiger partial charge in [0, 0.05) is 24.8 Å². The van der Waals surface area contributed by atoms with Gasteiger partial charge in [-0.3, -0.25) is 24.5 Å². The lowest BCUT2D eigenvalue weighted by atomic mass is 9.55. The van der Waals surface area contributed by atoms with Crippen LogP contribution in [0.1, 0.15) is 41.0 Å². The van der Waals surface area contributed by atoms with Crippen molar-refractivity contribution >= 4 is 29.2 Å². The maximum absolute atomic E-state index is 13.8. The SMILES string of the molecule is CC(=O)Oc1ccc(N2C(=O)[C@@H]3C4c5ccccc5C(c5ccccc54)[C@H]3C2=O)cc1[N+](=O)[O-]. The molecule has 0 saturated carbocycles. The van der Waals surface area contributed by atoms with Crippen molar-refractivity contribution in [3.05, 3.63) is 99.1 Å². The van der Waals surface area contributed by atoms with E-state index in [2.05, 4.69) is 0 Å². The van der Waals surface area contributed by atoms with Gasteiger partial charge in [0.25, 0.3) is 0 Å². The molecular weight excluding hydrogens is 436 g/mol. The first kappa shape index (κ1) is 20.3. The molecule has 2 amide bonds. The number of amides is 2. The first-order chi connectivity index (χ1) is 16.4. The molecule has 8 heteroatoms. The van der Waals surface area contributed by atoms with E-state index in [1.165, 1.54) is 12.1 Å². The van der Waals surface area contributed by atoms with Gasteiger partial charge in [-0.25, -0.2) is 4.90 Å². The molecule has 8 nitrogen and oxygen atoms in total. The average Bonchev–Trinajstić information content (AvgIpc) is 3.09. The Kier molecular flexibility index (Phi) is 4.23. The molecule has 0 N–H and O–H groups in total. The van der Waals surface area contributed by atoms with Crippen LogP contribution in [0.25, 0.3) is 0 Å². The standard InChI is InChI=1S/C26H18N2O6/c1-13(29)34-20-11-10-14(12-19(20)28(32)33)27-25(30)23-21-15-6-2-3-7-16(15)22(24(23)26(27)31)18-9-5-4-8-17(18)21/h2-12,21-24H,1H3/t21?,22?,23-,24-/m1/s1. The summed E-state index contributed by atoms with van der Waals surface area (Å²) >= 11 is 0. The zero-order valence-corrected chi connectivity index (χ0v) is 18.0. The fourth-order valence-corrected chi connectivity index (χ4v) is 5.96. The Labute approximate surface area is 193 Å². The second-order valence-corrected chi connectivity index (χ2v) is 8.78. The highest BCUT2D eigenvalue weighted by molar-refractivity contribution is 6.23. The molecule has 7 rings (SSSR count). The maximum Gasteiger partial charge on any atom is 0.313 e. The van der Waals surface area contributed by atoms with Gasteiger partial charge >= 0.3 is 11.7 Å². The zero-order chi connectivity index (χ0) is 23.7. The van der Waals surface area contributed by atoms with Gasteiger partial charge in [0.2, 0.25) is 17.6 Å². The fraction of sp³-hybridized carbons (Fsp3) is 0.192. The van der Waals surface area contributed by atoms with E-state index >= 15 is 0 Å². The minimum atomic E-state index is -0.706. The Morgan fingerprint density at radius 2 is 1.32 bits per heavy atom. The number of esters is 1. The highest BCUT2D eigenvalue weighted by Crippen LogP contribution is 2.61. The smallest absolute Gasteiger partial charge is 0.313 e. The molecule has 0 aromatic heterocycles. The van der Waals surface area contributed by atoms with Crippen LogP contribution in [0.5, 0.6) is 5.75 Å². The van der Waals surface area contributed by atoms with Gasteiger partial charge in [-0.1, -0.05) is 48.5 Å². The number of carbonyl (C=O) groups excluding carboxylic acids is 3. The zero-order valence-electron chi connectivity index (χ0n) is 18.0. The summed E-state index contributed by atoms with van der Waals surface area (Å²) in [6.45, 7) is 1.14. The molecule has 1 fully saturated rings. The molecule has 3 aromatic rings. The summed E-state index contributed by atoms with van der Waals surface area (Å²) in [7, 11) is 0. The minimum Gasteiger partial charge on any atom is -0.419 e. The predicted molar refractivity (Wildman–Crippen MR) is 120 cm³/mol. The molecule has 34 heavy (non-hydrogen) atoms. The number of nitro benzene ring substituents is 1. The molecule has 2 bridgehead atoms. The number of hydrogen-bond donors (Lipinski definition) is 0. The van der Waals surface area contributed by atoms with Crippen LogP contribution in [-0.4, -0.2) is 22.7 Å². The summed E-state index contributed by atoms with van der Waals surface area (Å²) in [4.78, 5) is 50.8. The summed E-state index contributed by atoms with van der Waals surface area (Å²) < 4.78 is 4.93. The van der Waals surface area contributed by atoms with Gasteiger partial charge in [-0.15, -0.1) is 0 Å². The van der Waals surface area contributed by atoms with Gasteiger partial charge < -0.3 is 4.74 Å². The Morgan fingerprint density at radius 3 is 1.74 bits per heavy atom. The van der Waals surface area contributed by atoms with Crippen molar-refractivity contribution in [2.45, 2.75) is 18.8 Å². The molecule has 1 saturated heterocycles. The van der Waals surface area contributed by atoms with Crippen LogP contribution in [0.3, 0.4) is 0 Å². The molecular formula is C26H18N2O6. The van der Waals surface area contributed by atoms with Gasteiger partial charge in [0.1, 0.15) is 0 Å². The number of rotatable bonds is 3. The number of ether oxygens (including phenoxy) is 1. The van der Waals surface area contributed by atoms with E-state index in [9.17, 15) is 24.5 Å². The van der Waals surface area contributed by atoms with Gasteiger partial charge in [0.05, 0.1) is 22.4 Å². The van der Waals surface area contributed by atoms with Crippen molar-refractivity contribution in [3.63, 3.8) is 0 Å². The number of benzene rings is 3. The number of nitrogens with zero attached hydrogens (tertiary/aromatic N) is 2. The third-order valence-electron chi connectivity index (χ3n) is 7.10. The molecule has 1 heterocycles. The van der Waals surface area contributed by atoms with Gasteiger partial charge in [-0.05, 0) is 34.4 Å². The fourth-order valence-electron chi connectivity index (χ4n) is 5.96. The van der Waals surface area contributed by atoms with Gasteiger partial charge in [0.15, 0.2) is 0 Å². The van der Waals surface area contributed by atoms with Crippen molar-refractivity contribution in [1.82, 2.24) is 0 Å². The Balaban J connectivity index is 1.49. The van der Waals surface area contributed by atoms with E-state index in [0.717, 1.165) is 40.1 Å². The average molecular weight is 454 g/mol. The monoisotopic (exact) mass is 454 g/mol. The summed E-state index contributed by atoms with van der Waals surface area (Å²) in [6.07, 6.45) is 0. The minimum absolute atomic E-state index is 0.0968. The molecule has 0 unspecified atom stereocenters. The van der Waals surface area contributed by atoms with Crippen LogP contribution in [-0.2, 0) is 14.4 Å². The lowest BCUT2D eigenvalue weighted by Crippen LogP contribution is -2.41. The number of imide groups is 1. The normalized spacial score (nSPS) is 23.9. The summed E-state index contributed by atoms with van der Waals surface area (Å²) in [5, 5.41) is 11.6. The van der Waals surface area contributed by atoms with E-state index in [1.54, 1.807) is 0 Å². The van der Waals surface area contributed by atoms with Crippen LogP contribution >= 0.6 is 0 Å². The first-order valence-electron chi connectivity index (χ1n) is 10.9. The molecule has 168 valence electrons. The molecule has 1 aliphatic heterocycles. The predicted octanol–water partition coefficient (Wildman–Crippen LogP) is 3.92. The summed E-state index contributed by atoms with van der Waals surface area (Å²) in [5.41, 5.74) is 3.80. The molecule has 0 spiro atoms. The highest BCUT2D eigenvalue weighted by Gasteiger charge is 2.61. The van der Waals surface area contributed by atoms with E-state index in [-0.39, 0.29) is 35.1 Å². The third-order valence-corrected chi connectivity index (χ3v) is 7.10. The van der Waals surface area contributed by atoms with Crippen molar-refractivity contribution < 1.29 is 24.0 Å². The topological polar surface area (TPSA) is 107 Å². The number of anilines is 1. The third kappa shape index (κ3) is 2.62. The lowest BCUT2D eigenvalue weighted by molar-refractivity contribution is -0.385. The van der Waals surface area contributed by atoms with Crippen molar-refractivity contribution in [2.24, 2.45) is 11.8 Å². The number of carbonyl (C=O) groups is 3. The van der Waals surface area contributed by atoms with E-state index < -0.39 is 28.4 Å². The molecule has 0 radical (unpaired) electrons.